The zero-order valence-electron chi connectivity index (χ0n) is 17.3. The molecule has 5 heteroatoms. The van der Waals surface area contributed by atoms with Crippen LogP contribution in [0.4, 0.5) is 0 Å². The zero-order valence-corrected chi connectivity index (χ0v) is 17.3. The van der Waals surface area contributed by atoms with E-state index >= 15 is 0 Å². The fourth-order valence-electron chi connectivity index (χ4n) is 4.68. The van der Waals surface area contributed by atoms with Gasteiger partial charge in [-0.2, -0.15) is 0 Å². The second-order valence-electron chi connectivity index (χ2n) is 8.81. The first kappa shape index (κ1) is 20.3. The van der Waals surface area contributed by atoms with E-state index in [9.17, 15) is 4.79 Å². The molecule has 0 radical (unpaired) electrons. The summed E-state index contributed by atoms with van der Waals surface area (Å²) >= 11 is 0. The summed E-state index contributed by atoms with van der Waals surface area (Å²) in [6.07, 6.45) is 8.40. The average molecular weight is 373 g/mol. The molecule has 0 aliphatic carbocycles. The first-order valence-corrected chi connectivity index (χ1v) is 10.6. The van der Waals surface area contributed by atoms with E-state index in [1.54, 1.807) is 0 Å². The summed E-state index contributed by atoms with van der Waals surface area (Å²) in [7, 11) is 1.97. The number of rotatable bonds is 6. The normalized spacial score (nSPS) is 22.9. The number of hydrogen-bond donors (Lipinski definition) is 0. The van der Waals surface area contributed by atoms with Crippen molar-refractivity contribution in [1.82, 2.24) is 19.7 Å². The van der Waals surface area contributed by atoms with Crippen LogP contribution in [0.2, 0.25) is 0 Å². The summed E-state index contributed by atoms with van der Waals surface area (Å²) in [5.41, 5.74) is 1.35. The van der Waals surface area contributed by atoms with Crippen molar-refractivity contribution in [3.05, 3.63) is 30.1 Å². The van der Waals surface area contributed by atoms with Gasteiger partial charge in [0.05, 0.1) is 5.92 Å². The van der Waals surface area contributed by atoms with E-state index in [0.29, 0.717) is 17.9 Å². The largest absolute Gasteiger partial charge is 0.345 e. The molecule has 0 bridgehead atoms. The SMILES string of the molecule is CC(C)CN(C)C(=O)[C@@H]1CCCN(C2CCN(Cc3ccncc3)CC2)C1. The lowest BCUT2D eigenvalue weighted by Crippen LogP contribution is -2.51. The molecular weight excluding hydrogens is 336 g/mol. The number of carbonyl (C=O) groups excluding carboxylic acids is 1. The van der Waals surface area contributed by atoms with E-state index in [-0.39, 0.29) is 5.92 Å². The minimum Gasteiger partial charge on any atom is -0.345 e. The van der Waals surface area contributed by atoms with Gasteiger partial charge in [0.25, 0.3) is 0 Å². The monoisotopic (exact) mass is 372 g/mol. The van der Waals surface area contributed by atoms with Crippen molar-refractivity contribution in [1.29, 1.82) is 0 Å². The Morgan fingerprint density at radius 3 is 2.56 bits per heavy atom. The second-order valence-corrected chi connectivity index (χ2v) is 8.81. The number of likely N-dealkylation sites (tertiary alicyclic amines) is 2. The van der Waals surface area contributed by atoms with Gasteiger partial charge in [-0.25, -0.2) is 0 Å². The Morgan fingerprint density at radius 2 is 1.89 bits per heavy atom. The molecule has 0 spiro atoms. The lowest BCUT2D eigenvalue weighted by molar-refractivity contribution is -0.137. The van der Waals surface area contributed by atoms with E-state index in [2.05, 4.69) is 40.8 Å². The van der Waals surface area contributed by atoms with Crippen LogP contribution in [-0.2, 0) is 11.3 Å². The van der Waals surface area contributed by atoms with Crippen LogP contribution in [0.25, 0.3) is 0 Å². The van der Waals surface area contributed by atoms with Crippen molar-refractivity contribution in [2.45, 2.75) is 52.1 Å². The number of carbonyl (C=O) groups is 1. The molecule has 2 aliphatic rings. The Labute approximate surface area is 164 Å². The highest BCUT2D eigenvalue weighted by molar-refractivity contribution is 5.78. The number of hydrogen-bond acceptors (Lipinski definition) is 4. The van der Waals surface area contributed by atoms with E-state index in [1.165, 1.54) is 18.4 Å². The summed E-state index contributed by atoms with van der Waals surface area (Å²) in [4.78, 5) is 24.0. The molecule has 5 nitrogen and oxygen atoms in total. The molecule has 2 fully saturated rings. The first-order valence-electron chi connectivity index (χ1n) is 10.6. The molecule has 0 N–H and O–H groups in total. The number of amides is 1. The summed E-state index contributed by atoms with van der Waals surface area (Å²) in [6.45, 7) is 10.7. The molecule has 0 aromatic carbocycles. The van der Waals surface area contributed by atoms with Crippen LogP contribution in [0.3, 0.4) is 0 Å². The maximum atomic E-state index is 12.8. The van der Waals surface area contributed by atoms with Crippen molar-refractivity contribution >= 4 is 5.91 Å². The number of piperidine rings is 2. The van der Waals surface area contributed by atoms with Crippen molar-refractivity contribution < 1.29 is 4.79 Å². The third kappa shape index (κ3) is 5.76. The van der Waals surface area contributed by atoms with Crippen LogP contribution in [0.15, 0.2) is 24.5 Å². The summed E-state index contributed by atoms with van der Waals surface area (Å²) < 4.78 is 0. The standard InChI is InChI=1S/C22H36N4O/c1-18(2)15-24(3)22(27)20-5-4-12-26(17-20)21-8-13-25(14-9-21)16-19-6-10-23-11-7-19/h6-7,10-11,18,20-21H,4-5,8-9,12-17H2,1-3H3/t20-/m1/s1. The zero-order chi connectivity index (χ0) is 19.2. The van der Waals surface area contributed by atoms with Gasteiger partial charge in [0, 0.05) is 45.1 Å². The van der Waals surface area contributed by atoms with Gasteiger partial charge in [-0.05, 0) is 68.9 Å². The van der Waals surface area contributed by atoms with Gasteiger partial charge in [0.2, 0.25) is 5.91 Å². The Balaban J connectivity index is 1.47. The third-order valence-electron chi connectivity index (χ3n) is 6.05. The summed E-state index contributed by atoms with van der Waals surface area (Å²) in [5, 5.41) is 0. The smallest absolute Gasteiger partial charge is 0.226 e. The molecule has 1 aromatic heterocycles. The van der Waals surface area contributed by atoms with E-state index in [4.69, 9.17) is 0 Å². The molecule has 1 amide bonds. The molecule has 27 heavy (non-hydrogen) atoms. The molecule has 2 aliphatic heterocycles. The lowest BCUT2D eigenvalue weighted by atomic mass is 9.92. The highest BCUT2D eigenvalue weighted by Crippen LogP contribution is 2.25. The fraction of sp³-hybridized carbons (Fsp3) is 0.727. The fourth-order valence-corrected chi connectivity index (χ4v) is 4.68. The van der Waals surface area contributed by atoms with E-state index < -0.39 is 0 Å². The Bertz CT molecular complexity index is 583. The highest BCUT2D eigenvalue weighted by Gasteiger charge is 2.32. The Kier molecular flexibility index (Phi) is 7.25. The van der Waals surface area contributed by atoms with Crippen LogP contribution in [0.5, 0.6) is 0 Å². The van der Waals surface area contributed by atoms with Gasteiger partial charge in [0.1, 0.15) is 0 Å². The second kappa shape index (κ2) is 9.65. The molecule has 0 unspecified atom stereocenters. The molecule has 0 saturated carbocycles. The van der Waals surface area contributed by atoms with Crippen molar-refractivity contribution in [2.24, 2.45) is 11.8 Å². The van der Waals surface area contributed by atoms with Gasteiger partial charge in [-0.3, -0.25) is 19.6 Å². The molecule has 1 aromatic rings. The molecule has 3 rings (SSSR count). The van der Waals surface area contributed by atoms with Gasteiger partial charge in [-0.1, -0.05) is 13.8 Å². The summed E-state index contributed by atoms with van der Waals surface area (Å²) in [6, 6.07) is 4.87. The van der Waals surface area contributed by atoms with Gasteiger partial charge >= 0.3 is 0 Å². The third-order valence-corrected chi connectivity index (χ3v) is 6.05. The predicted molar refractivity (Wildman–Crippen MR) is 109 cm³/mol. The van der Waals surface area contributed by atoms with E-state index in [0.717, 1.165) is 52.1 Å². The van der Waals surface area contributed by atoms with Crippen LogP contribution in [-0.4, -0.2) is 71.4 Å². The van der Waals surface area contributed by atoms with Crippen LogP contribution in [0.1, 0.15) is 45.1 Å². The Morgan fingerprint density at radius 1 is 1.19 bits per heavy atom. The quantitative estimate of drug-likeness (QED) is 0.770. The van der Waals surface area contributed by atoms with Crippen molar-refractivity contribution in [2.75, 3.05) is 39.8 Å². The first-order chi connectivity index (χ1) is 13.0. The topological polar surface area (TPSA) is 39.7 Å². The molecule has 150 valence electrons. The van der Waals surface area contributed by atoms with Crippen molar-refractivity contribution in [3.63, 3.8) is 0 Å². The average Bonchev–Trinajstić information content (AvgIpc) is 2.68. The van der Waals surface area contributed by atoms with Crippen LogP contribution < -0.4 is 0 Å². The predicted octanol–water partition coefficient (Wildman–Crippen LogP) is 2.87. The molecule has 2 saturated heterocycles. The highest BCUT2D eigenvalue weighted by atomic mass is 16.2. The van der Waals surface area contributed by atoms with Gasteiger partial charge in [0.15, 0.2) is 0 Å². The van der Waals surface area contributed by atoms with Crippen LogP contribution >= 0.6 is 0 Å². The maximum absolute atomic E-state index is 12.8. The number of nitrogens with zero attached hydrogens (tertiary/aromatic N) is 4. The minimum absolute atomic E-state index is 0.192. The number of pyridine rings is 1. The van der Waals surface area contributed by atoms with Crippen molar-refractivity contribution in [3.8, 4) is 0 Å². The summed E-state index contributed by atoms with van der Waals surface area (Å²) in [5.74, 6) is 1.07. The van der Waals surface area contributed by atoms with E-state index in [1.807, 2.05) is 24.3 Å². The Hall–Kier alpha value is -1.46. The van der Waals surface area contributed by atoms with Gasteiger partial charge < -0.3 is 4.90 Å². The maximum Gasteiger partial charge on any atom is 0.226 e. The minimum atomic E-state index is 0.192. The lowest BCUT2D eigenvalue weighted by Gasteiger charge is -2.42. The van der Waals surface area contributed by atoms with Gasteiger partial charge in [-0.15, -0.1) is 0 Å². The molecule has 3 heterocycles. The number of aromatic nitrogens is 1. The van der Waals surface area contributed by atoms with Crippen LogP contribution in [0, 0.1) is 11.8 Å². The molecular formula is C22H36N4O. The molecule has 1 atom stereocenters.